The number of halogens is 1. The van der Waals surface area contributed by atoms with Crippen LogP contribution in [-0.4, -0.2) is 41.6 Å². The lowest BCUT2D eigenvalue weighted by molar-refractivity contribution is -0.132. The molecule has 1 aliphatic rings. The van der Waals surface area contributed by atoms with Crippen LogP contribution in [0.5, 0.6) is 0 Å². The lowest BCUT2D eigenvalue weighted by Gasteiger charge is -2.27. The third-order valence-electron chi connectivity index (χ3n) is 2.72. The third-order valence-corrected chi connectivity index (χ3v) is 2.95. The molecule has 0 unspecified atom stereocenters. The molecule has 6 heteroatoms. The van der Waals surface area contributed by atoms with E-state index in [9.17, 15) is 9.59 Å². The number of hydrogen-bond donors (Lipinski definition) is 1. The molecule has 0 aliphatic carbocycles. The summed E-state index contributed by atoms with van der Waals surface area (Å²) in [6, 6.07) is 2.89. The first-order valence-corrected chi connectivity index (χ1v) is 5.89. The van der Waals surface area contributed by atoms with Crippen molar-refractivity contribution in [2.24, 2.45) is 0 Å². The van der Waals surface area contributed by atoms with Crippen LogP contribution in [0.4, 0.5) is 0 Å². The van der Waals surface area contributed by atoms with Crippen molar-refractivity contribution >= 4 is 17.5 Å². The lowest BCUT2D eigenvalue weighted by Crippen LogP contribution is -2.48. The molecule has 1 saturated heterocycles. The van der Waals surface area contributed by atoms with Gasteiger partial charge in [-0.1, -0.05) is 11.6 Å². The number of nitrogens with one attached hydrogen (secondary N) is 1. The Morgan fingerprint density at radius 3 is 2.76 bits per heavy atom. The van der Waals surface area contributed by atoms with E-state index in [2.05, 4.69) is 5.32 Å². The van der Waals surface area contributed by atoms with Gasteiger partial charge in [-0.2, -0.15) is 0 Å². The number of piperazine rings is 1. The fourth-order valence-electron chi connectivity index (χ4n) is 1.79. The van der Waals surface area contributed by atoms with Crippen LogP contribution in [0.3, 0.4) is 0 Å². The van der Waals surface area contributed by atoms with Gasteiger partial charge in [-0.3, -0.25) is 9.59 Å². The van der Waals surface area contributed by atoms with Crippen molar-refractivity contribution in [1.29, 1.82) is 0 Å². The normalized spacial score (nSPS) is 15.9. The maximum atomic E-state index is 11.9. The zero-order valence-electron chi connectivity index (χ0n) is 9.36. The van der Waals surface area contributed by atoms with Gasteiger partial charge in [0, 0.05) is 38.4 Å². The highest BCUT2D eigenvalue weighted by Gasteiger charge is 2.16. The standard InChI is InChI=1S/C11H14ClN3O2/c12-9-1-2-10(16)15(7-9)8-11(17)14-5-3-13-4-6-14/h1-2,7,13H,3-6,8H2. The van der Waals surface area contributed by atoms with E-state index in [-0.39, 0.29) is 18.0 Å². The summed E-state index contributed by atoms with van der Waals surface area (Å²) in [4.78, 5) is 25.2. The molecule has 1 fully saturated rings. The van der Waals surface area contributed by atoms with E-state index < -0.39 is 0 Å². The van der Waals surface area contributed by atoms with Crippen LogP contribution in [0.2, 0.25) is 5.02 Å². The molecule has 5 nitrogen and oxygen atoms in total. The molecule has 92 valence electrons. The maximum Gasteiger partial charge on any atom is 0.251 e. The Morgan fingerprint density at radius 2 is 2.06 bits per heavy atom. The first-order chi connectivity index (χ1) is 8.16. The number of rotatable bonds is 2. The van der Waals surface area contributed by atoms with Gasteiger partial charge in [-0.15, -0.1) is 0 Å². The lowest BCUT2D eigenvalue weighted by atomic mass is 10.3. The first kappa shape index (κ1) is 12.1. The van der Waals surface area contributed by atoms with Gasteiger partial charge in [0.2, 0.25) is 5.91 Å². The Kier molecular flexibility index (Phi) is 3.81. The fraction of sp³-hybridized carbons (Fsp3) is 0.455. The minimum Gasteiger partial charge on any atom is -0.339 e. The van der Waals surface area contributed by atoms with Crippen molar-refractivity contribution in [3.8, 4) is 0 Å². The molecule has 17 heavy (non-hydrogen) atoms. The van der Waals surface area contributed by atoms with Crippen molar-refractivity contribution in [3.63, 3.8) is 0 Å². The highest BCUT2D eigenvalue weighted by molar-refractivity contribution is 6.30. The Hall–Kier alpha value is -1.33. The maximum absolute atomic E-state index is 11.9. The number of carbonyl (C=O) groups is 1. The van der Waals surface area contributed by atoms with Crippen LogP contribution in [0.1, 0.15) is 0 Å². The molecule has 2 rings (SSSR count). The van der Waals surface area contributed by atoms with Gasteiger partial charge in [0.15, 0.2) is 0 Å². The molecule has 0 aromatic carbocycles. The van der Waals surface area contributed by atoms with Crippen LogP contribution in [0.15, 0.2) is 23.1 Å². The first-order valence-electron chi connectivity index (χ1n) is 5.51. The van der Waals surface area contributed by atoms with Crippen molar-refractivity contribution in [2.45, 2.75) is 6.54 Å². The average Bonchev–Trinajstić information content (AvgIpc) is 2.35. The average molecular weight is 256 g/mol. The molecule has 1 aromatic rings. The fourth-order valence-corrected chi connectivity index (χ4v) is 1.97. The summed E-state index contributed by atoms with van der Waals surface area (Å²) >= 11 is 5.79. The van der Waals surface area contributed by atoms with E-state index in [1.807, 2.05) is 0 Å². The molecule has 1 aliphatic heterocycles. The Labute approximate surface area is 104 Å². The summed E-state index contributed by atoms with van der Waals surface area (Å²) in [5.41, 5.74) is -0.210. The van der Waals surface area contributed by atoms with Crippen LogP contribution in [-0.2, 0) is 11.3 Å². The van der Waals surface area contributed by atoms with E-state index in [4.69, 9.17) is 11.6 Å². The zero-order valence-corrected chi connectivity index (χ0v) is 10.1. The van der Waals surface area contributed by atoms with Crippen molar-refractivity contribution in [1.82, 2.24) is 14.8 Å². The molecule has 0 radical (unpaired) electrons. The summed E-state index contributed by atoms with van der Waals surface area (Å²) in [6.07, 6.45) is 1.49. The minimum atomic E-state index is -0.210. The van der Waals surface area contributed by atoms with Gasteiger partial charge >= 0.3 is 0 Å². The predicted octanol–water partition coefficient (Wildman–Crippen LogP) is -0.0665. The number of hydrogen-bond acceptors (Lipinski definition) is 3. The summed E-state index contributed by atoms with van der Waals surface area (Å²) in [5.74, 6) is -0.0455. The van der Waals surface area contributed by atoms with Gasteiger partial charge < -0.3 is 14.8 Å². The van der Waals surface area contributed by atoms with Crippen molar-refractivity contribution < 1.29 is 4.79 Å². The van der Waals surface area contributed by atoms with E-state index in [1.54, 1.807) is 4.90 Å². The Balaban J connectivity index is 2.07. The second-order valence-electron chi connectivity index (χ2n) is 3.94. The largest absolute Gasteiger partial charge is 0.339 e. The molecule has 1 N–H and O–H groups in total. The molecule has 2 heterocycles. The van der Waals surface area contributed by atoms with E-state index >= 15 is 0 Å². The summed E-state index contributed by atoms with van der Waals surface area (Å²) in [5, 5.41) is 3.63. The highest BCUT2D eigenvalue weighted by Crippen LogP contribution is 2.04. The molecule has 0 spiro atoms. The zero-order chi connectivity index (χ0) is 12.3. The second kappa shape index (κ2) is 5.33. The van der Waals surface area contributed by atoms with E-state index in [0.717, 1.165) is 13.1 Å². The van der Waals surface area contributed by atoms with Crippen LogP contribution < -0.4 is 10.9 Å². The Bertz CT molecular complexity index is 466. The molecule has 0 atom stereocenters. The molecule has 0 saturated carbocycles. The van der Waals surface area contributed by atoms with E-state index in [0.29, 0.717) is 18.1 Å². The van der Waals surface area contributed by atoms with E-state index in [1.165, 1.54) is 22.9 Å². The number of aromatic nitrogens is 1. The van der Waals surface area contributed by atoms with Gasteiger partial charge in [-0.05, 0) is 6.07 Å². The molecule has 0 bridgehead atoms. The molecular weight excluding hydrogens is 242 g/mol. The number of carbonyl (C=O) groups excluding carboxylic acids is 1. The molecule has 1 amide bonds. The summed E-state index contributed by atoms with van der Waals surface area (Å²) in [7, 11) is 0. The van der Waals surface area contributed by atoms with Gasteiger partial charge in [0.1, 0.15) is 6.54 Å². The summed E-state index contributed by atoms with van der Waals surface area (Å²) < 4.78 is 1.34. The van der Waals surface area contributed by atoms with Crippen LogP contribution in [0, 0.1) is 0 Å². The summed E-state index contributed by atoms with van der Waals surface area (Å²) in [6.45, 7) is 3.04. The van der Waals surface area contributed by atoms with Gasteiger partial charge in [0.25, 0.3) is 5.56 Å². The van der Waals surface area contributed by atoms with Crippen LogP contribution >= 0.6 is 11.6 Å². The molecular formula is C11H14ClN3O2. The topological polar surface area (TPSA) is 54.3 Å². The van der Waals surface area contributed by atoms with Crippen molar-refractivity contribution in [2.75, 3.05) is 26.2 Å². The van der Waals surface area contributed by atoms with Gasteiger partial charge in [-0.25, -0.2) is 0 Å². The third kappa shape index (κ3) is 3.08. The quantitative estimate of drug-likeness (QED) is 0.805. The highest BCUT2D eigenvalue weighted by atomic mass is 35.5. The number of amides is 1. The minimum absolute atomic E-state index is 0.0455. The predicted molar refractivity (Wildman–Crippen MR) is 65.2 cm³/mol. The number of nitrogens with zero attached hydrogens (tertiary/aromatic N) is 2. The number of pyridine rings is 1. The van der Waals surface area contributed by atoms with Crippen molar-refractivity contribution in [3.05, 3.63) is 33.7 Å². The van der Waals surface area contributed by atoms with Crippen LogP contribution in [0.25, 0.3) is 0 Å². The van der Waals surface area contributed by atoms with Gasteiger partial charge in [0.05, 0.1) is 5.02 Å². The molecule has 1 aromatic heterocycles. The second-order valence-corrected chi connectivity index (χ2v) is 4.38. The SMILES string of the molecule is O=C(Cn1cc(Cl)ccc1=O)N1CCNCC1. The monoisotopic (exact) mass is 255 g/mol. The smallest absolute Gasteiger partial charge is 0.251 e. The Morgan fingerprint density at radius 1 is 1.35 bits per heavy atom.